The van der Waals surface area contributed by atoms with Gasteiger partial charge in [0.05, 0.1) is 6.54 Å². The number of hydrogen-bond donors (Lipinski definition) is 2. The monoisotopic (exact) mass is 404 g/mol. The number of aliphatic imine (C=N–C) groups is 1. The third-order valence-corrected chi connectivity index (χ3v) is 5.20. The Bertz CT molecular complexity index is 1020. The Balaban J connectivity index is 1.37. The van der Waals surface area contributed by atoms with Gasteiger partial charge in [0, 0.05) is 31.6 Å². The zero-order chi connectivity index (χ0) is 20.9. The summed E-state index contributed by atoms with van der Waals surface area (Å²) >= 11 is 0. The first-order valence-corrected chi connectivity index (χ1v) is 10.3. The molecule has 0 bridgehead atoms. The normalized spacial score (nSPS) is 16.1. The lowest BCUT2D eigenvalue weighted by Gasteiger charge is -2.25. The van der Waals surface area contributed by atoms with E-state index in [0.29, 0.717) is 6.54 Å². The van der Waals surface area contributed by atoms with Crippen LogP contribution in [0.1, 0.15) is 29.2 Å². The topological polar surface area (TPSA) is 76.4 Å². The number of para-hydroxylation sites is 1. The number of ether oxygens (including phenoxy) is 1. The van der Waals surface area contributed by atoms with E-state index in [-0.39, 0.29) is 6.04 Å². The Morgan fingerprint density at radius 3 is 2.77 bits per heavy atom. The fraction of sp³-hybridized carbons (Fsp3) is 0.348. The molecule has 1 aliphatic heterocycles. The minimum Gasteiger partial charge on any atom is -0.457 e. The lowest BCUT2D eigenvalue weighted by atomic mass is 10.1. The van der Waals surface area contributed by atoms with Gasteiger partial charge in [0.25, 0.3) is 0 Å². The molecule has 2 N–H and O–H groups in total. The molecule has 0 spiro atoms. The molecular weight excluding hydrogens is 376 g/mol. The van der Waals surface area contributed by atoms with Gasteiger partial charge in [0.1, 0.15) is 23.1 Å². The molecule has 2 aromatic carbocycles. The highest BCUT2D eigenvalue weighted by atomic mass is 16.5. The molecule has 0 fully saturated rings. The number of nitrogens with one attached hydrogen (secondary N) is 2. The minimum absolute atomic E-state index is 0.267. The largest absolute Gasteiger partial charge is 0.457 e. The minimum atomic E-state index is 0.267. The summed E-state index contributed by atoms with van der Waals surface area (Å²) in [7, 11) is 1.79. The number of aromatic nitrogens is 3. The van der Waals surface area contributed by atoms with Crippen molar-refractivity contribution < 1.29 is 4.74 Å². The van der Waals surface area contributed by atoms with Crippen LogP contribution >= 0.6 is 0 Å². The zero-order valence-electron chi connectivity index (χ0n) is 17.7. The first-order chi connectivity index (χ1) is 14.6. The lowest BCUT2D eigenvalue weighted by Crippen LogP contribution is -2.46. The van der Waals surface area contributed by atoms with E-state index in [1.54, 1.807) is 7.05 Å². The van der Waals surface area contributed by atoms with Crippen LogP contribution in [0.4, 0.5) is 0 Å². The number of benzene rings is 2. The van der Waals surface area contributed by atoms with Crippen LogP contribution in [0.5, 0.6) is 11.5 Å². The average molecular weight is 405 g/mol. The molecule has 3 aromatic rings. The summed E-state index contributed by atoms with van der Waals surface area (Å²) in [5.74, 6) is 4.33. The molecule has 156 valence electrons. The van der Waals surface area contributed by atoms with Crippen LogP contribution < -0.4 is 15.4 Å². The highest BCUT2D eigenvalue weighted by Gasteiger charge is 2.21. The standard InChI is InChI=1S/C23H28N6O/c1-16-8-11-20(12-9-16)30-21-7-5-4-6-18(21)14-25-23(24-3)27-19-10-13-22-26-17(2)28-29(22)15-19/h4-9,11-12,19H,10,13-15H2,1-3H3,(H2,24,25,27). The molecular formula is C23H28N6O. The maximum Gasteiger partial charge on any atom is 0.191 e. The van der Waals surface area contributed by atoms with E-state index in [2.05, 4.69) is 38.7 Å². The molecule has 0 saturated carbocycles. The summed E-state index contributed by atoms with van der Waals surface area (Å²) in [6, 6.07) is 16.4. The molecule has 1 aliphatic rings. The third-order valence-electron chi connectivity index (χ3n) is 5.20. The van der Waals surface area contributed by atoms with Crippen LogP contribution in [0.3, 0.4) is 0 Å². The van der Waals surface area contributed by atoms with E-state index >= 15 is 0 Å². The summed E-state index contributed by atoms with van der Waals surface area (Å²) in [5.41, 5.74) is 2.28. The second-order valence-electron chi connectivity index (χ2n) is 7.59. The van der Waals surface area contributed by atoms with E-state index < -0.39 is 0 Å². The van der Waals surface area contributed by atoms with Crippen molar-refractivity contribution in [2.75, 3.05) is 7.05 Å². The second-order valence-corrected chi connectivity index (χ2v) is 7.59. The van der Waals surface area contributed by atoms with E-state index in [4.69, 9.17) is 4.74 Å². The first-order valence-electron chi connectivity index (χ1n) is 10.3. The molecule has 0 aliphatic carbocycles. The summed E-state index contributed by atoms with van der Waals surface area (Å²) in [5, 5.41) is 11.4. The third kappa shape index (κ3) is 4.79. The van der Waals surface area contributed by atoms with E-state index in [1.165, 1.54) is 5.56 Å². The Labute approximate surface area is 177 Å². The highest BCUT2D eigenvalue weighted by molar-refractivity contribution is 5.80. The first kappa shape index (κ1) is 19.9. The van der Waals surface area contributed by atoms with E-state index in [9.17, 15) is 0 Å². The van der Waals surface area contributed by atoms with E-state index in [1.807, 2.05) is 54.1 Å². The van der Waals surface area contributed by atoms with Crippen molar-refractivity contribution >= 4 is 5.96 Å². The van der Waals surface area contributed by atoms with Crippen molar-refractivity contribution in [3.8, 4) is 11.5 Å². The fourth-order valence-electron chi connectivity index (χ4n) is 3.60. The molecule has 4 rings (SSSR count). The number of fused-ring (bicyclic) bond motifs is 1. The van der Waals surface area contributed by atoms with Crippen LogP contribution in [0.15, 0.2) is 53.5 Å². The Morgan fingerprint density at radius 2 is 1.97 bits per heavy atom. The molecule has 30 heavy (non-hydrogen) atoms. The lowest BCUT2D eigenvalue weighted by molar-refractivity contribution is 0.392. The Morgan fingerprint density at radius 1 is 1.17 bits per heavy atom. The van der Waals surface area contributed by atoms with Gasteiger partial charge in [-0.25, -0.2) is 9.67 Å². The Kier molecular flexibility index (Phi) is 5.97. The van der Waals surface area contributed by atoms with E-state index in [0.717, 1.165) is 54.1 Å². The van der Waals surface area contributed by atoms with Crippen molar-refractivity contribution in [1.29, 1.82) is 0 Å². The Hall–Kier alpha value is -3.35. The van der Waals surface area contributed by atoms with Crippen LogP contribution in [0.25, 0.3) is 0 Å². The molecule has 0 amide bonds. The number of guanidine groups is 1. The molecule has 7 nitrogen and oxygen atoms in total. The second kappa shape index (κ2) is 8.98. The predicted molar refractivity (Wildman–Crippen MR) is 118 cm³/mol. The van der Waals surface area contributed by atoms with Gasteiger partial charge in [0.2, 0.25) is 0 Å². The average Bonchev–Trinajstić information content (AvgIpc) is 3.13. The van der Waals surface area contributed by atoms with Gasteiger partial charge in [-0.15, -0.1) is 0 Å². The maximum atomic E-state index is 6.10. The smallest absolute Gasteiger partial charge is 0.191 e. The SMILES string of the molecule is CN=C(NCc1ccccc1Oc1ccc(C)cc1)NC1CCc2nc(C)nn2C1. The van der Waals surface area contributed by atoms with Crippen molar-refractivity contribution in [3.63, 3.8) is 0 Å². The quantitative estimate of drug-likeness (QED) is 0.504. The van der Waals surface area contributed by atoms with Crippen LogP contribution in [-0.2, 0) is 19.5 Å². The predicted octanol–water partition coefficient (Wildman–Crippen LogP) is 3.37. The number of nitrogens with zero attached hydrogens (tertiary/aromatic N) is 4. The number of rotatable bonds is 5. The van der Waals surface area contributed by atoms with Gasteiger partial charge >= 0.3 is 0 Å². The maximum absolute atomic E-state index is 6.10. The molecule has 2 heterocycles. The van der Waals surface area contributed by atoms with Crippen LogP contribution in [0.2, 0.25) is 0 Å². The summed E-state index contributed by atoms with van der Waals surface area (Å²) in [6.07, 6.45) is 1.93. The summed E-state index contributed by atoms with van der Waals surface area (Å²) < 4.78 is 8.10. The zero-order valence-corrected chi connectivity index (χ0v) is 17.7. The summed E-state index contributed by atoms with van der Waals surface area (Å²) in [6.45, 7) is 5.41. The number of hydrogen-bond acceptors (Lipinski definition) is 4. The van der Waals surface area contributed by atoms with Crippen LogP contribution in [-0.4, -0.2) is 33.8 Å². The molecule has 1 unspecified atom stereocenters. The molecule has 0 saturated heterocycles. The molecule has 7 heteroatoms. The molecule has 0 radical (unpaired) electrons. The molecule has 1 atom stereocenters. The molecule has 1 aromatic heterocycles. The van der Waals surface area contributed by atoms with Gasteiger partial charge in [-0.1, -0.05) is 35.9 Å². The van der Waals surface area contributed by atoms with Crippen LogP contribution in [0, 0.1) is 13.8 Å². The van der Waals surface area contributed by atoms with Crippen molar-refractivity contribution in [2.24, 2.45) is 4.99 Å². The van der Waals surface area contributed by atoms with Crippen molar-refractivity contribution in [2.45, 2.75) is 45.8 Å². The van der Waals surface area contributed by atoms with Crippen molar-refractivity contribution in [1.82, 2.24) is 25.4 Å². The van der Waals surface area contributed by atoms with Gasteiger partial charge in [0.15, 0.2) is 5.96 Å². The van der Waals surface area contributed by atoms with Gasteiger partial charge in [-0.2, -0.15) is 5.10 Å². The van der Waals surface area contributed by atoms with Gasteiger partial charge in [-0.3, -0.25) is 4.99 Å². The number of aryl methyl sites for hydroxylation is 3. The van der Waals surface area contributed by atoms with Gasteiger partial charge < -0.3 is 15.4 Å². The highest BCUT2D eigenvalue weighted by Crippen LogP contribution is 2.25. The van der Waals surface area contributed by atoms with Gasteiger partial charge in [-0.05, 0) is 38.5 Å². The fourth-order valence-corrected chi connectivity index (χ4v) is 3.60. The van der Waals surface area contributed by atoms with Crippen molar-refractivity contribution in [3.05, 3.63) is 71.3 Å². The summed E-state index contributed by atoms with van der Waals surface area (Å²) in [4.78, 5) is 8.86.